The fourth-order valence-corrected chi connectivity index (χ4v) is 2.59. The van der Waals surface area contributed by atoms with Gasteiger partial charge >= 0.3 is 0 Å². The highest BCUT2D eigenvalue weighted by Gasteiger charge is 2.13. The molecule has 0 amide bonds. The summed E-state index contributed by atoms with van der Waals surface area (Å²) in [6.07, 6.45) is -2.53. The summed E-state index contributed by atoms with van der Waals surface area (Å²) in [4.78, 5) is 2.98. The summed E-state index contributed by atoms with van der Waals surface area (Å²) in [5.74, 6) is 0. The van der Waals surface area contributed by atoms with Gasteiger partial charge in [0.05, 0.1) is 5.69 Å². The van der Waals surface area contributed by atoms with Crippen molar-refractivity contribution in [2.24, 2.45) is 0 Å². The van der Waals surface area contributed by atoms with Gasteiger partial charge in [0.1, 0.15) is 4.64 Å². The Labute approximate surface area is 125 Å². The average Bonchev–Trinajstić information content (AvgIpc) is 2.49. The highest BCUT2D eigenvalue weighted by molar-refractivity contribution is 7.71. The van der Waals surface area contributed by atoms with E-state index in [0.717, 1.165) is 5.56 Å². The van der Waals surface area contributed by atoms with Crippen LogP contribution in [0.5, 0.6) is 0 Å². The highest BCUT2D eigenvalue weighted by atomic mass is 32.1. The molecule has 1 heterocycles. The number of aromatic nitrogens is 1. The van der Waals surface area contributed by atoms with Crippen molar-refractivity contribution >= 4 is 28.8 Å². The van der Waals surface area contributed by atoms with Crippen molar-refractivity contribution in [1.29, 1.82) is 0 Å². The van der Waals surface area contributed by atoms with Crippen LogP contribution in [-0.2, 0) is 0 Å². The maximum Gasteiger partial charge on any atom is 0.263 e. The summed E-state index contributed by atoms with van der Waals surface area (Å²) in [5, 5.41) is 0.644. The number of nitrogen functional groups attached to an aromatic ring is 1. The summed E-state index contributed by atoms with van der Waals surface area (Å²) in [7, 11) is 0. The molecule has 0 saturated heterocycles. The van der Waals surface area contributed by atoms with Crippen molar-refractivity contribution in [3.8, 4) is 11.1 Å². The van der Waals surface area contributed by atoms with Crippen LogP contribution in [0, 0.1) is 4.64 Å². The fourth-order valence-electron chi connectivity index (χ4n) is 2.38. The SMILES string of the molecule is Nc1c(-c2ccccc2)c2cc(C(F)F)ccc2[nH]c1=S. The zero-order chi connectivity index (χ0) is 15.0. The van der Waals surface area contributed by atoms with Gasteiger partial charge in [-0.3, -0.25) is 0 Å². The lowest BCUT2D eigenvalue weighted by Gasteiger charge is -2.12. The van der Waals surface area contributed by atoms with E-state index in [2.05, 4.69) is 4.98 Å². The summed E-state index contributed by atoms with van der Waals surface area (Å²) in [5.41, 5.74) is 8.68. The standard InChI is InChI=1S/C16H12F2N2S/c17-15(18)10-6-7-12-11(8-10)13(14(19)16(21)20-12)9-4-2-1-3-5-9/h1-8,15H,19H2,(H,20,21). The minimum Gasteiger partial charge on any atom is -0.396 e. The summed E-state index contributed by atoms with van der Waals surface area (Å²) in [6.45, 7) is 0. The first kappa shape index (κ1) is 13.7. The van der Waals surface area contributed by atoms with Gasteiger partial charge in [0.15, 0.2) is 0 Å². The van der Waals surface area contributed by atoms with E-state index in [1.165, 1.54) is 12.1 Å². The van der Waals surface area contributed by atoms with Crippen LogP contribution in [-0.4, -0.2) is 4.98 Å². The number of H-pyrrole nitrogens is 1. The van der Waals surface area contributed by atoms with Gasteiger partial charge in [0.2, 0.25) is 0 Å². The van der Waals surface area contributed by atoms with E-state index in [-0.39, 0.29) is 5.56 Å². The van der Waals surface area contributed by atoms with Crippen LogP contribution in [0.25, 0.3) is 22.0 Å². The van der Waals surface area contributed by atoms with E-state index in [1.807, 2.05) is 30.3 Å². The molecule has 2 nitrogen and oxygen atoms in total. The molecular formula is C16H12F2N2S. The number of hydrogen-bond acceptors (Lipinski definition) is 2. The Bertz CT molecular complexity index is 857. The predicted octanol–water partition coefficient (Wildman–Crippen LogP) is 5.08. The normalized spacial score (nSPS) is 11.2. The molecule has 21 heavy (non-hydrogen) atoms. The van der Waals surface area contributed by atoms with Gasteiger partial charge in [0, 0.05) is 22.0 Å². The number of halogens is 2. The second-order valence-corrected chi connectivity index (χ2v) is 5.12. The molecule has 0 unspecified atom stereocenters. The summed E-state index contributed by atoms with van der Waals surface area (Å²) in [6, 6.07) is 13.9. The van der Waals surface area contributed by atoms with Crippen LogP contribution in [0.2, 0.25) is 0 Å². The lowest BCUT2D eigenvalue weighted by Crippen LogP contribution is -1.97. The minimum atomic E-state index is -2.53. The van der Waals surface area contributed by atoms with Gasteiger partial charge in [-0.25, -0.2) is 8.78 Å². The summed E-state index contributed by atoms with van der Waals surface area (Å²) >= 11 is 5.22. The molecule has 0 atom stereocenters. The van der Waals surface area contributed by atoms with Gasteiger partial charge in [-0.1, -0.05) is 48.6 Å². The first-order valence-electron chi connectivity index (χ1n) is 6.37. The van der Waals surface area contributed by atoms with E-state index < -0.39 is 6.43 Å². The minimum absolute atomic E-state index is 0.0374. The lowest BCUT2D eigenvalue weighted by atomic mass is 9.98. The molecule has 0 radical (unpaired) electrons. The monoisotopic (exact) mass is 302 g/mol. The van der Waals surface area contributed by atoms with Gasteiger partial charge in [-0.2, -0.15) is 0 Å². The van der Waals surface area contributed by atoms with E-state index >= 15 is 0 Å². The molecule has 0 bridgehead atoms. The van der Waals surface area contributed by atoms with Crippen LogP contribution < -0.4 is 5.73 Å². The topological polar surface area (TPSA) is 41.8 Å². The fraction of sp³-hybridized carbons (Fsp3) is 0.0625. The Morgan fingerprint density at radius 2 is 1.76 bits per heavy atom. The lowest BCUT2D eigenvalue weighted by molar-refractivity contribution is 0.151. The van der Waals surface area contributed by atoms with Crippen LogP contribution in [0.4, 0.5) is 14.5 Å². The van der Waals surface area contributed by atoms with Crippen LogP contribution in [0.15, 0.2) is 48.5 Å². The molecule has 1 aromatic heterocycles. The second kappa shape index (κ2) is 5.26. The number of rotatable bonds is 2. The number of benzene rings is 2. The molecule has 106 valence electrons. The number of alkyl halides is 2. The third kappa shape index (κ3) is 2.40. The molecule has 3 aromatic rings. The maximum atomic E-state index is 12.9. The summed E-state index contributed by atoms with van der Waals surface area (Å²) < 4.78 is 26.3. The van der Waals surface area contributed by atoms with Gasteiger partial charge < -0.3 is 10.7 Å². The molecular weight excluding hydrogens is 290 g/mol. The number of aromatic amines is 1. The number of fused-ring (bicyclic) bond motifs is 1. The zero-order valence-electron chi connectivity index (χ0n) is 10.9. The number of hydrogen-bond donors (Lipinski definition) is 2. The molecule has 0 spiro atoms. The van der Waals surface area contributed by atoms with E-state index in [9.17, 15) is 8.78 Å². The van der Waals surface area contributed by atoms with Crippen LogP contribution in [0.3, 0.4) is 0 Å². The molecule has 5 heteroatoms. The third-order valence-electron chi connectivity index (χ3n) is 3.39. The van der Waals surface area contributed by atoms with E-state index in [0.29, 0.717) is 26.8 Å². The molecule has 0 aliphatic carbocycles. The Hall–Kier alpha value is -2.27. The predicted molar refractivity (Wildman–Crippen MR) is 83.9 cm³/mol. The second-order valence-electron chi connectivity index (χ2n) is 4.71. The zero-order valence-corrected chi connectivity index (χ0v) is 11.8. The van der Waals surface area contributed by atoms with Gasteiger partial charge in [-0.15, -0.1) is 0 Å². The molecule has 2 aromatic carbocycles. The number of nitrogens with two attached hydrogens (primary N) is 1. The largest absolute Gasteiger partial charge is 0.396 e. The smallest absolute Gasteiger partial charge is 0.263 e. The first-order valence-corrected chi connectivity index (χ1v) is 6.77. The van der Waals surface area contributed by atoms with Gasteiger partial charge in [0.25, 0.3) is 6.43 Å². The Morgan fingerprint density at radius 3 is 2.43 bits per heavy atom. The highest BCUT2D eigenvalue weighted by Crippen LogP contribution is 2.35. The van der Waals surface area contributed by atoms with Crippen molar-refractivity contribution in [3.63, 3.8) is 0 Å². The maximum absolute atomic E-state index is 12.9. The van der Waals surface area contributed by atoms with Crippen molar-refractivity contribution in [1.82, 2.24) is 4.98 Å². The molecule has 3 N–H and O–H groups in total. The van der Waals surface area contributed by atoms with E-state index in [1.54, 1.807) is 6.07 Å². The van der Waals surface area contributed by atoms with Crippen molar-refractivity contribution in [2.75, 3.05) is 5.73 Å². The molecule has 0 saturated carbocycles. The van der Waals surface area contributed by atoms with Gasteiger partial charge in [-0.05, 0) is 17.7 Å². The number of anilines is 1. The Morgan fingerprint density at radius 1 is 1.05 bits per heavy atom. The molecule has 0 aliphatic rings. The Kier molecular flexibility index (Phi) is 3.43. The number of pyridine rings is 1. The molecule has 3 rings (SSSR count). The molecule has 0 fully saturated rings. The molecule has 0 aliphatic heterocycles. The van der Waals surface area contributed by atoms with Crippen molar-refractivity contribution < 1.29 is 8.78 Å². The van der Waals surface area contributed by atoms with Crippen molar-refractivity contribution in [2.45, 2.75) is 6.43 Å². The average molecular weight is 302 g/mol. The Balaban J connectivity index is 2.42. The van der Waals surface area contributed by atoms with Crippen molar-refractivity contribution in [3.05, 3.63) is 58.7 Å². The number of nitrogens with one attached hydrogen (secondary N) is 1. The first-order chi connectivity index (χ1) is 10.1. The quantitative estimate of drug-likeness (QED) is 0.648. The van der Waals surface area contributed by atoms with E-state index in [4.69, 9.17) is 18.0 Å². The third-order valence-corrected chi connectivity index (χ3v) is 3.71. The van der Waals surface area contributed by atoms with Crippen LogP contribution >= 0.6 is 12.2 Å². The van der Waals surface area contributed by atoms with Crippen LogP contribution in [0.1, 0.15) is 12.0 Å².